The van der Waals surface area contributed by atoms with E-state index < -0.39 is 19.1 Å². The smallest absolute Gasteiger partial charge is 0.261 e. The molecule has 3 aromatic carbocycles. The van der Waals surface area contributed by atoms with Crippen LogP contribution in [0.1, 0.15) is 52.9 Å². The first-order chi connectivity index (χ1) is 24.3. The van der Waals surface area contributed by atoms with Crippen LogP contribution < -0.4 is 10.4 Å². The van der Waals surface area contributed by atoms with E-state index in [1.807, 2.05) is 30.3 Å². The molecule has 1 fully saturated rings. The molecule has 5 rings (SSSR count). The summed E-state index contributed by atoms with van der Waals surface area (Å²) in [6.45, 7) is 9.18. The van der Waals surface area contributed by atoms with Gasteiger partial charge >= 0.3 is 0 Å². The molecule has 0 saturated heterocycles. The molecule has 50 heavy (non-hydrogen) atoms. The summed E-state index contributed by atoms with van der Waals surface area (Å²) in [5.74, 6) is 1.14. The summed E-state index contributed by atoms with van der Waals surface area (Å²) in [5.41, 5.74) is 2.69. The maximum absolute atomic E-state index is 13.1. The van der Waals surface area contributed by atoms with E-state index in [2.05, 4.69) is 81.4 Å². The van der Waals surface area contributed by atoms with Gasteiger partial charge in [0.25, 0.3) is 8.32 Å². The van der Waals surface area contributed by atoms with Crippen LogP contribution in [-0.4, -0.2) is 78.1 Å². The molecule has 2 aliphatic rings. The van der Waals surface area contributed by atoms with Gasteiger partial charge in [-0.25, -0.2) is 0 Å². The summed E-state index contributed by atoms with van der Waals surface area (Å²) < 4.78 is 49.8. The fraction of sp³-hybridized carbons (Fsp3) is 0.512. The molecule has 3 aromatic rings. The molecule has 0 radical (unpaired) electrons. The molecule has 0 heterocycles. The lowest BCUT2D eigenvalue weighted by Gasteiger charge is -2.43. The lowest BCUT2D eigenvalue weighted by atomic mass is 9.76. The number of hydrogen-bond acceptors (Lipinski definition) is 7. The van der Waals surface area contributed by atoms with Gasteiger partial charge in [-0.15, -0.1) is 0 Å². The van der Waals surface area contributed by atoms with Gasteiger partial charge in [-0.2, -0.15) is 0 Å². The maximum Gasteiger partial charge on any atom is 0.261 e. The van der Waals surface area contributed by atoms with Gasteiger partial charge in [0.1, 0.15) is 13.6 Å². The van der Waals surface area contributed by atoms with E-state index in [4.69, 9.17) is 28.1 Å². The third-order valence-corrected chi connectivity index (χ3v) is 16.4. The van der Waals surface area contributed by atoms with Crippen molar-refractivity contribution in [2.75, 3.05) is 53.4 Å². The zero-order chi connectivity index (χ0) is 35.4. The Bertz CT molecular complexity index is 1460. The predicted molar refractivity (Wildman–Crippen MR) is 203 cm³/mol. The monoisotopic (exact) mass is 720 g/mol. The van der Waals surface area contributed by atoms with Crippen molar-refractivity contribution in [2.24, 2.45) is 11.8 Å². The average molecular weight is 721 g/mol. The van der Waals surface area contributed by atoms with Gasteiger partial charge in [0.05, 0.1) is 42.0 Å². The quantitative estimate of drug-likeness (QED) is 0.0580. The molecule has 0 aromatic heterocycles. The number of rotatable bonds is 19. The first-order valence-electron chi connectivity index (χ1n) is 18.0. The third-order valence-electron chi connectivity index (χ3n) is 10.1. The highest BCUT2D eigenvalue weighted by molar-refractivity contribution is 7.85. The van der Waals surface area contributed by atoms with Gasteiger partial charge in [0.15, 0.2) is 0 Å². The van der Waals surface area contributed by atoms with Crippen LogP contribution in [0.3, 0.4) is 0 Å². The van der Waals surface area contributed by atoms with Crippen molar-refractivity contribution in [3.05, 3.63) is 102 Å². The zero-order valence-corrected chi connectivity index (χ0v) is 32.3. The van der Waals surface area contributed by atoms with Gasteiger partial charge in [-0.05, 0) is 82.6 Å². The molecule has 1 saturated carbocycles. The second-order valence-corrected chi connectivity index (χ2v) is 20.3. The minimum absolute atomic E-state index is 0.0528. The zero-order valence-electron chi connectivity index (χ0n) is 30.5. The van der Waals surface area contributed by atoms with E-state index in [1.165, 1.54) is 21.5 Å². The van der Waals surface area contributed by atoms with Gasteiger partial charge in [0, 0.05) is 25.7 Å². The molecule has 5 atom stereocenters. The van der Waals surface area contributed by atoms with Gasteiger partial charge in [-0.3, -0.25) is 4.21 Å². The summed E-state index contributed by atoms with van der Waals surface area (Å²) in [5, 5.41) is 2.49. The highest BCUT2D eigenvalue weighted by Crippen LogP contribution is 2.48. The second kappa shape index (κ2) is 18.8. The SMILES string of the molecule is COCOC[C@@H]1CC2C[C@H](OCCS(=O)c3ccccc3)C(CCCO[Si](c3ccccc3)(c3ccccc3)C(C)(C)C)=C2[C@H](OCOC)C1. The standard InChI is InChI=1S/C41H56O7SSi/c1-41(2,3)50(35-18-11-7-12-19-35,36-20-13-8-14-21-36)48-23-15-22-37-38(46-24-25-49(42)34-16-9-6-10-17-34)28-33-26-32(29-45-30-43-4)27-39(40(33)37)47-31-44-5/h6-14,16-21,32-33,38-39H,15,22-31H2,1-5H3/t32-,33?,38+,39-,49?/m1/s1. The minimum Gasteiger partial charge on any atom is -0.407 e. The number of hydrogen-bond donors (Lipinski definition) is 0. The Hall–Kier alpha value is -2.47. The number of fused-ring (bicyclic) bond motifs is 1. The fourth-order valence-electron chi connectivity index (χ4n) is 8.02. The Labute approximate surface area is 303 Å². The van der Waals surface area contributed by atoms with Crippen molar-refractivity contribution >= 4 is 29.5 Å². The summed E-state index contributed by atoms with van der Waals surface area (Å²) >= 11 is 0. The predicted octanol–water partition coefficient (Wildman–Crippen LogP) is 6.87. The molecule has 0 aliphatic heterocycles. The molecular formula is C41H56O7SSi. The van der Waals surface area contributed by atoms with E-state index in [1.54, 1.807) is 14.2 Å². The third kappa shape index (κ3) is 9.49. The van der Waals surface area contributed by atoms with E-state index in [-0.39, 0.29) is 30.8 Å². The Morgan fingerprint density at radius 3 is 1.96 bits per heavy atom. The fourth-order valence-corrected chi connectivity index (χ4v) is 13.6. The van der Waals surface area contributed by atoms with Crippen LogP contribution in [-0.2, 0) is 38.9 Å². The second-order valence-electron chi connectivity index (χ2n) is 14.4. The number of methoxy groups -OCH3 is 2. The highest BCUT2D eigenvalue weighted by atomic mass is 32.2. The van der Waals surface area contributed by atoms with E-state index >= 15 is 0 Å². The van der Waals surface area contributed by atoms with Crippen LogP contribution in [0, 0.1) is 11.8 Å². The van der Waals surface area contributed by atoms with E-state index in [9.17, 15) is 4.21 Å². The molecule has 2 unspecified atom stereocenters. The maximum atomic E-state index is 13.1. The van der Waals surface area contributed by atoms with Crippen molar-refractivity contribution in [3.63, 3.8) is 0 Å². The van der Waals surface area contributed by atoms with Crippen LogP contribution in [0.15, 0.2) is 107 Å². The van der Waals surface area contributed by atoms with E-state index in [0.29, 0.717) is 37.4 Å². The Kier molecular flexibility index (Phi) is 14.6. The van der Waals surface area contributed by atoms with Gasteiger partial charge in [-0.1, -0.05) is 99.6 Å². The molecular weight excluding hydrogens is 665 g/mol. The number of ether oxygens (including phenoxy) is 5. The van der Waals surface area contributed by atoms with Crippen molar-refractivity contribution in [2.45, 2.75) is 75.0 Å². The molecule has 2 aliphatic carbocycles. The van der Waals surface area contributed by atoms with Crippen LogP contribution in [0.25, 0.3) is 0 Å². The number of benzene rings is 3. The van der Waals surface area contributed by atoms with Crippen molar-refractivity contribution in [1.82, 2.24) is 0 Å². The highest BCUT2D eigenvalue weighted by Gasteiger charge is 2.50. The summed E-state index contributed by atoms with van der Waals surface area (Å²) in [6, 6.07) is 31.3. The van der Waals surface area contributed by atoms with Crippen molar-refractivity contribution < 1.29 is 32.3 Å². The van der Waals surface area contributed by atoms with Crippen LogP contribution in [0.5, 0.6) is 0 Å². The van der Waals surface area contributed by atoms with Gasteiger partial charge < -0.3 is 28.1 Å². The summed E-state index contributed by atoms with van der Waals surface area (Å²) in [4.78, 5) is 0.835. The Morgan fingerprint density at radius 2 is 1.36 bits per heavy atom. The van der Waals surface area contributed by atoms with Crippen molar-refractivity contribution in [1.29, 1.82) is 0 Å². The first kappa shape index (κ1) is 38.8. The van der Waals surface area contributed by atoms with E-state index in [0.717, 1.165) is 37.0 Å². The Morgan fingerprint density at radius 1 is 0.740 bits per heavy atom. The summed E-state index contributed by atoms with van der Waals surface area (Å²) in [6.07, 6.45) is 4.38. The van der Waals surface area contributed by atoms with Crippen molar-refractivity contribution in [3.8, 4) is 0 Å². The molecule has 9 heteroatoms. The minimum atomic E-state index is -2.65. The van der Waals surface area contributed by atoms with Crippen LogP contribution >= 0.6 is 0 Å². The molecule has 0 bridgehead atoms. The normalized spacial score (nSPS) is 21.7. The summed E-state index contributed by atoms with van der Waals surface area (Å²) in [7, 11) is -0.436. The first-order valence-corrected chi connectivity index (χ1v) is 21.2. The Balaban J connectivity index is 1.37. The molecule has 0 amide bonds. The average Bonchev–Trinajstić information content (AvgIpc) is 3.48. The van der Waals surface area contributed by atoms with Gasteiger partial charge in [0.2, 0.25) is 0 Å². The lowest BCUT2D eigenvalue weighted by Crippen LogP contribution is -2.66. The largest absolute Gasteiger partial charge is 0.407 e. The topological polar surface area (TPSA) is 72.5 Å². The molecule has 7 nitrogen and oxygen atoms in total. The molecule has 0 spiro atoms. The van der Waals surface area contributed by atoms with Crippen LogP contribution in [0.4, 0.5) is 0 Å². The molecule has 0 N–H and O–H groups in total. The lowest BCUT2D eigenvalue weighted by molar-refractivity contribution is -0.0893. The molecule has 272 valence electrons. The van der Waals surface area contributed by atoms with Crippen LogP contribution in [0.2, 0.25) is 5.04 Å².